The zero-order valence-corrected chi connectivity index (χ0v) is 13.2. The van der Waals surface area contributed by atoms with Crippen molar-refractivity contribution in [3.8, 4) is 5.75 Å². The van der Waals surface area contributed by atoms with Crippen molar-refractivity contribution in [2.75, 3.05) is 6.61 Å². The van der Waals surface area contributed by atoms with Gasteiger partial charge in [-0.3, -0.25) is 0 Å². The van der Waals surface area contributed by atoms with E-state index < -0.39 is 0 Å². The molecule has 1 heterocycles. The number of nitrogens with two attached hydrogens (primary N) is 1. The molecule has 21 heavy (non-hydrogen) atoms. The van der Waals surface area contributed by atoms with Crippen molar-refractivity contribution in [3.05, 3.63) is 29.3 Å². The van der Waals surface area contributed by atoms with Crippen LogP contribution in [0.25, 0.3) is 0 Å². The molecule has 0 saturated heterocycles. The van der Waals surface area contributed by atoms with Gasteiger partial charge in [0.2, 0.25) is 0 Å². The molecule has 116 valence electrons. The number of aryl methyl sites for hydroxylation is 1. The smallest absolute Gasteiger partial charge is 0.122 e. The lowest BCUT2D eigenvalue weighted by Gasteiger charge is -2.25. The molecule has 2 N–H and O–H groups in total. The molecular weight excluding hydrogens is 258 g/mol. The second kappa shape index (κ2) is 7.31. The van der Waals surface area contributed by atoms with E-state index in [0.717, 1.165) is 37.5 Å². The maximum Gasteiger partial charge on any atom is 0.122 e. The summed E-state index contributed by atoms with van der Waals surface area (Å²) in [6.45, 7) is 0.848. The summed E-state index contributed by atoms with van der Waals surface area (Å²) >= 11 is 0. The van der Waals surface area contributed by atoms with Crippen molar-refractivity contribution >= 4 is 0 Å². The van der Waals surface area contributed by atoms with E-state index in [1.54, 1.807) is 0 Å². The first-order valence-corrected chi connectivity index (χ1v) is 8.83. The van der Waals surface area contributed by atoms with E-state index in [-0.39, 0.29) is 0 Å². The highest BCUT2D eigenvalue weighted by Gasteiger charge is 2.19. The Bertz CT molecular complexity index is 449. The molecule has 0 amide bonds. The zero-order valence-electron chi connectivity index (χ0n) is 13.2. The topological polar surface area (TPSA) is 35.2 Å². The molecule has 0 aromatic heterocycles. The highest BCUT2D eigenvalue weighted by Crippen LogP contribution is 2.28. The van der Waals surface area contributed by atoms with Crippen LogP contribution in [0.2, 0.25) is 0 Å². The molecule has 1 fully saturated rings. The molecule has 2 heteroatoms. The van der Waals surface area contributed by atoms with Crippen LogP contribution >= 0.6 is 0 Å². The zero-order chi connectivity index (χ0) is 14.5. The van der Waals surface area contributed by atoms with Crippen LogP contribution in [0.1, 0.15) is 62.5 Å². The number of hydrogen-bond acceptors (Lipinski definition) is 2. The Hall–Kier alpha value is -1.02. The quantitative estimate of drug-likeness (QED) is 0.899. The first kappa shape index (κ1) is 14.9. The van der Waals surface area contributed by atoms with Gasteiger partial charge in [0.15, 0.2) is 0 Å². The van der Waals surface area contributed by atoms with Gasteiger partial charge in [-0.25, -0.2) is 0 Å². The van der Waals surface area contributed by atoms with E-state index in [4.69, 9.17) is 10.5 Å². The number of fused-ring (bicyclic) bond motifs is 1. The van der Waals surface area contributed by atoms with E-state index in [2.05, 4.69) is 18.2 Å². The van der Waals surface area contributed by atoms with E-state index in [1.807, 2.05) is 0 Å². The highest BCUT2D eigenvalue weighted by molar-refractivity contribution is 5.39. The van der Waals surface area contributed by atoms with Crippen LogP contribution in [0.15, 0.2) is 18.2 Å². The largest absolute Gasteiger partial charge is 0.493 e. The summed E-state index contributed by atoms with van der Waals surface area (Å²) < 4.78 is 5.58. The molecule has 3 rings (SSSR count). The molecule has 1 aromatic carbocycles. The van der Waals surface area contributed by atoms with E-state index in [0.29, 0.717) is 6.04 Å². The van der Waals surface area contributed by atoms with Gasteiger partial charge in [0.1, 0.15) is 5.75 Å². The molecule has 2 nitrogen and oxygen atoms in total. The predicted octanol–water partition coefficient (Wildman–Crippen LogP) is 4.24. The molecule has 1 aliphatic carbocycles. The third-order valence-corrected chi connectivity index (χ3v) is 5.28. The highest BCUT2D eigenvalue weighted by atomic mass is 16.5. The Balaban J connectivity index is 1.51. The van der Waals surface area contributed by atoms with Crippen molar-refractivity contribution in [2.45, 2.75) is 70.3 Å². The third-order valence-electron chi connectivity index (χ3n) is 5.28. The van der Waals surface area contributed by atoms with Crippen LogP contribution in [0, 0.1) is 5.92 Å². The van der Waals surface area contributed by atoms with Crippen LogP contribution in [0.5, 0.6) is 5.75 Å². The van der Waals surface area contributed by atoms with E-state index in [9.17, 15) is 0 Å². The fourth-order valence-corrected chi connectivity index (χ4v) is 3.88. The molecule has 1 aromatic rings. The summed E-state index contributed by atoms with van der Waals surface area (Å²) in [6.07, 6.45) is 13.0. The van der Waals surface area contributed by atoms with Gasteiger partial charge < -0.3 is 10.5 Å². The summed E-state index contributed by atoms with van der Waals surface area (Å²) in [4.78, 5) is 0. The number of benzene rings is 1. The van der Waals surface area contributed by atoms with Crippen LogP contribution in [0.4, 0.5) is 0 Å². The first-order chi connectivity index (χ1) is 10.3. The Morgan fingerprint density at radius 3 is 2.67 bits per heavy atom. The lowest BCUT2D eigenvalue weighted by molar-refractivity contribution is 0.313. The molecule has 1 aliphatic heterocycles. The molecule has 0 bridgehead atoms. The second-order valence-electron chi connectivity index (χ2n) is 6.85. The first-order valence-electron chi connectivity index (χ1n) is 8.83. The van der Waals surface area contributed by atoms with Crippen molar-refractivity contribution in [3.63, 3.8) is 0 Å². The van der Waals surface area contributed by atoms with Crippen LogP contribution in [-0.2, 0) is 12.8 Å². The average Bonchev–Trinajstić information content (AvgIpc) is 2.92. The van der Waals surface area contributed by atoms with Gasteiger partial charge in [-0.1, -0.05) is 44.2 Å². The van der Waals surface area contributed by atoms with Gasteiger partial charge in [0.25, 0.3) is 0 Å². The minimum Gasteiger partial charge on any atom is -0.493 e. The molecular formula is C19H29NO. The van der Waals surface area contributed by atoms with Crippen molar-refractivity contribution in [1.82, 2.24) is 0 Å². The second-order valence-corrected chi connectivity index (χ2v) is 6.85. The summed E-state index contributed by atoms with van der Waals surface area (Å²) in [7, 11) is 0. The Kier molecular flexibility index (Phi) is 5.18. The monoisotopic (exact) mass is 287 g/mol. The lowest BCUT2D eigenvalue weighted by atomic mass is 9.84. The predicted molar refractivity (Wildman–Crippen MR) is 87.7 cm³/mol. The van der Waals surface area contributed by atoms with Crippen molar-refractivity contribution in [1.29, 1.82) is 0 Å². The minimum absolute atomic E-state index is 0.382. The molecule has 1 unspecified atom stereocenters. The van der Waals surface area contributed by atoms with Crippen molar-refractivity contribution < 1.29 is 4.74 Å². The lowest BCUT2D eigenvalue weighted by Crippen LogP contribution is -2.31. The van der Waals surface area contributed by atoms with Gasteiger partial charge >= 0.3 is 0 Å². The summed E-state index contributed by atoms with van der Waals surface area (Å²) in [5.74, 6) is 1.84. The van der Waals surface area contributed by atoms with Gasteiger partial charge in [0, 0.05) is 12.5 Å². The summed E-state index contributed by atoms with van der Waals surface area (Å²) in [5.41, 5.74) is 9.32. The number of hydrogen-bond donors (Lipinski definition) is 1. The molecule has 1 atom stereocenters. The molecule has 0 spiro atoms. The SMILES string of the molecule is NC(CCc1ccc2c(c1)CCO2)C1CCCCCCC1. The fourth-order valence-electron chi connectivity index (χ4n) is 3.88. The maximum atomic E-state index is 6.50. The summed E-state index contributed by atoms with van der Waals surface area (Å²) in [5, 5.41) is 0. The fraction of sp³-hybridized carbons (Fsp3) is 0.684. The van der Waals surface area contributed by atoms with Gasteiger partial charge in [-0.15, -0.1) is 0 Å². The summed E-state index contributed by atoms with van der Waals surface area (Å²) in [6, 6.07) is 7.06. The molecule has 0 radical (unpaired) electrons. The van der Waals surface area contributed by atoms with Gasteiger partial charge in [-0.05, 0) is 48.8 Å². The minimum atomic E-state index is 0.382. The Morgan fingerprint density at radius 1 is 1.10 bits per heavy atom. The van der Waals surface area contributed by atoms with Gasteiger partial charge in [0.05, 0.1) is 6.61 Å². The van der Waals surface area contributed by atoms with Crippen LogP contribution in [-0.4, -0.2) is 12.6 Å². The van der Waals surface area contributed by atoms with Gasteiger partial charge in [-0.2, -0.15) is 0 Å². The van der Waals surface area contributed by atoms with Crippen LogP contribution in [0.3, 0.4) is 0 Å². The van der Waals surface area contributed by atoms with E-state index in [1.165, 1.54) is 56.1 Å². The maximum absolute atomic E-state index is 6.50. The average molecular weight is 287 g/mol. The Morgan fingerprint density at radius 2 is 1.86 bits per heavy atom. The van der Waals surface area contributed by atoms with Crippen molar-refractivity contribution in [2.24, 2.45) is 11.7 Å². The normalized spacial score (nSPS) is 21.2. The van der Waals surface area contributed by atoms with E-state index >= 15 is 0 Å². The molecule has 2 aliphatic rings. The standard InChI is InChI=1S/C19H29NO/c20-18(16-6-4-2-1-3-5-7-16)10-8-15-9-11-19-17(14-15)12-13-21-19/h9,11,14,16,18H,1-8,10,12-13,20H2. The number of rotatable bonds is 4. The molecule has 1 saturated carbocycles. The number of ether oxygens (including phenoxy) is 1. The Labute approximate surface area is 129 Å². The third kappa shape index (κ3) is 4.00. The van der Waals surface area contributed by atoms with Crippen LogP contribution < -0.4 is 10.5 Å².